The molecule has 9 nitrogen and oxygen atoms in total. The molecule has 0 heterocycles. The maximum atomic E-state index is 13.0. The summed E-state index contributed by atoms with van der Waals surface area (Å²) in [6.07, 6.45) is 113. The van der Waals surface area contributed by atoms with Crippen LogP contribution in [0, 0.1) is 0 Å². The summed E-state index contributed by atoms with van der Waals surface area (Å²) in [6, 6.07) is 0. The molecule has 0 rings (SSSR count). The van der Waals surface area contributed by atoms with Crippen molar-refractivity contribution in [1.29, 1.82) is 0 Å². The molecule has 602 valence electrons. The van der Waals surface area contributed by atoms with Gasteiger partial charge in [-0.05, 0) is 83.5 Å². The molecule has 103 heavy (non-hydrogen) atoms. The normalized spacial score (nSPS) is 12.9. The van der Waals surface area contributed by atoms with E-state index in [0.29, 0.717) is 17.4 Å². The van der Waals surface area contributed by atoms with Gasteiger partial charge in [-0.1, -0.05) is 427 Å². The van der Waals surface area contributed by atoms with Crippen LogP contribution in [0.15, 0.2) is 72.9 Å². The Balaban J connectivity index is 3.90. The number of unbranched alkanes of at least 4 members (excludes halogenated alkanes) is 58. The second-order valence-corrected chi connectivity index (χ2v) is 31.9. The van der Waals surface area contributed by atoms with Gasteiger partial charge in [-0.25, -0.2) is 4.79 Å². The first kappa shape index (κ1) is 99.7. The number of carboxylic acids is 1. The van der Waals surface area contributed by atoms with Crippen molar-refractivity contribution >= 4 is 17.9 Å². The van der Waals surface area contributed by atoms with Gasteiger partial charge in [0.05, 0.1) is 34.4 Å². The predicted octanol–water partition coefficient (Wildman–Crippen LogP) is 29.5. The van der Waals surface area contributed by atoms with E-state index in [0.717, 1.165) is 70.6 Å². The fraction of sp³-hybridized carbons (Fsp3) is 0.840. The van der Waals surface area contributed by atoms with E-state index in [9.17, 15) is 19.5 Å². The topological polar surface area (TPSA) is 108 Å². The lowest BCUT2D eigenvalue weighted by atomic mass is 10.0. The summed E-state index contributed by atoms with van der Waals surface area (Å²) >= 11 is 0. The molecule has 0 aliphatic heterocycles. The third-order valence-electron chi connectivity index (χ3n) is 20.4. The van der Waals surface area contributed by atoms with Crippen LogP contribution in [0.25, 0.3) is 0 Å². The molecule has 0 saturated heterocycles. The van der Waals surface area contributed by atoms with Crippen LogP contribution in [0.5, 0.6) is 0 Å². The number of esters is 2. The van der Waals surface area contributed by atoms with Crippen molar-refractivity contribution in [1.82, 2.24) is 0 Å². The van der Waals surface area contributed by atoms with Crippen molar-refractivity contribution < 1.29 is 42.9 Å². The zero-order valence-corrected chi connectivity index (χ0v) is 69.2. The molecule has 2 atom stereocenters. The van der Waals surface area contributed by atoms with E-state index in [1.807, 2.05) is 21.1 Å². The van der Waals surface area contributed by atoms with E-state index in [4.69, 9.17) is 18.9 Å². The number of carbonyl (C=O) groups is 3. The molecule has 0 amide bonds. The fourth-order valence-electron chi connectivity index (χ4n) is 13.6. The average Bonchev–Trinajstić information content (AvgIpc) is 1.01. The molecule has 0 spiro atoms. The first-order valence-electron chi connectivity index (χ1n) is 45.1. The summed E-state index contributed by atoms with van der Waals surface area (Å²) in [5.74, 6) is -1.97. The third-order valence-corrected chi connectivity index (χ3v) is 20.4. The van der Waals surface area contributed by atoms with E-state index in [1.165, 1.54) is 353 Å². The number of quaternary nitrogens is 1. The number of ether oxygens (including phenoxy) is 4. The standard InChI is InChI=1S/C94H173NO8/c1-6-8-10-12-14-16-18-20-22-24-26-28-30-32-34-36-38-40-42-44-45-46-47-49-51-53-55-57-59-61-63-65-67-69-71-73-75-77-79-81-83-85-92(97)103-90(89-102-94(93(98)99)100-87-86-95(3,4)5)88-101-91(96)84-82-80-78-76-74-72-70-68-66-64-62-60-58-56-54-52-50-48-43-41-39-37-35-33-31-29-27-25-23-21-19-17-15-13-11-9-7-2/h8,10,14,16,20,22,25-28,32,34,90,94H,6-7,9,11-13,15,17-19,21,23-24,29-31,33,35-89H2,1-5H3/p+1/b10-8-,16-14-,22-20-,27-25-,28-26-,34-32-. The fourth-order valence-corrected chi connectivity index (χ4v) is 13.6. The average molecular weight is 1450 g/mol. The Morgan fingerprint density at radius 3 is 0.835 bits per heavy atom. The van der Waals surface area contributed by atoms with Crippen LogP contribution in [0.3, 0.4) is 0 Å². The van der Waals surface area contributed by atoms with Crippen LogP contribution < -0.4 is 0 Å². The number of allylic oxidation sites excluding steroid dienone is 12. The summed E-state index contributed by atoms with van der Waals surface area (Å²) in [7, 11) is 6.00. The van der Waals surface area contributed by atoms with Gasteiger partial charge >= 0.3 is 17.9 Å². The minimum Gasteiger partial charge on any atom is -0.477 e. The van der Waals surface area contributed by atoms with Gasteiger partial charge in [0, 0.05) is 12.8 Å². The smallest absolute Gasteiger partial charge is 0.361 e. The third kappa shape index (κ3) is 85.9. The van der Waals surface area contributed by atoms with Gasteiger partial charge in [0.2, 0.25) is 0 Å². The van der Waals surface area contributed by atoms with Gasteiger partial charge < -0.3 is 28.5 Å². The van der Waals surface area contributed by atoms with Crippen LogP contribution in [0.1, 0.15) is 450 Å². The number of rotatable bonds is 85. The molecule has 0 radical (unpaired) electrons. The van der Waals surface area contributed by atoms with E-state index in [1.54, 1.807) is 0 Å². The largest absolute Gasteiger partial charge is 0.477 e. The highest BCUT2D eigenvalue weighted by Crippen LogP contribution is 2.21. The Morgan fingerprint density at radius 2 is 0.553 bits per heavy atom. The minimum atomic E-state index is -1.51. The summed E-state index contributed by atoms with van der Waals surface area (Å²) in [6.45, 7) is 4.84. The van der Waals surface area contributed by atoms with Crippen LogP contribution in [-0.4, -0.2) is 87.4 Å². The Labute approximate surface area is 640 Å². The number of nitrogens with zero attached hydrogens (tertiary/aromatic N) is 1. The van der Waals surface area contributed by atoms with Crippen LogP contribution >= 0.6 is 0 Å². The number of aliphatic carboxylic acids is 1. The van der Waals surface area contributed by atoms with Crippen molar-refractivity contribution in [3.8, 4) is 0 Å². The molecule has 0 bridgehead atoms. The van der Waals surface area contributed by atoms with E-state index >= 15 is 0 Å². The zero-order chi connectivity index (χ0) is 74.6. The number of hydrogen-bond donors (Lipinski definition) is 1. The molecule has 0 aliphatic carbocycles. The van der Waals surface area contributed by atoms with Gasteiger partial charge in [-0.3, -0.25) is 9.59 Å². The quantitative estimate of drug-likeness (QED) is 0.0211. The van der Waals surface area contributed by atoms with E-state index in [2.05, 4.69) is 86.8 Å². The van der Waals surface area contributed by atoms with Gasteiger partial charge in [0.15, 0.2) is 6.10 Å². The molecule has 0 saturated carbocycles. The van der Waals surface area contributed by atoms with Crippen LogP contribution in [-0.2, 0) is 33.3 Å². The molecule has 0 aliphatic rings. The van der Waals surface area contributed by atoms with Crippen molar-refractivity contribution in [2.45, 2.75) is 463 Å². The Hall–Kier alpha value is -3.27. The molecule has 0 aromatic heterocycles. The highest BCUT2D eigenvalue weighted by atomic mass is 16.7. The lowest BCUT2D eigenvalue weighted by Crippen LogP contribution is -2.40. The van der Waals surface area contributed by atoms with Crippen molar-refractivity contribution in [2.75, 3.05) is 47.5 Å². The zero-order valence-electron chi connectivity index (χ0n) is 69.2. The second kappa shape index (κ2) is 84.4. The summed E-state index contributed by atoms with van der Waals surface area (Å²) in [5, 5.41) is 9.80. The Morgan fingerprint density at radius 1 is 0.301 bits per heavy atom. The van der Waals surface area contributed by atoms with Crippen LogP contribution in [0.4, 0.5) is 0 Å². The Kier molecular flexibility index (Phi) is 81.7. The molecule has 1 N–H and O–H groups in total. The number of hydrogen-bond acceptors (Lipinski definition) is 7. The monoisotopic (exact) mass is 1450 g/mol. The number of likely N-dealkylation sites (N-methyl/N-ethyl adjacent to an activating group) is 1. The van der Waals surface area contributed by atoms with Gasteiger partial charge in [0.25, 0.3) is 6.29 Å². The molecular weight excluding hydrogens is 1270 g/mol. The van der Waals surface area contributed by atoms with Gasteiger partial charge in [0.1, 0.15) is 13.2 Å². The van der Waals surface area contributed by atoms with E-state index < -0.39 is 18.4 Å². The first-order chi connectivity index (χ1) is 50.6. The predicted molar refractivity (Wildman–Crippen MR) is 447 cm³/mol. The van der Waals surface area contributed by atoms with Crippen LogP contribution in [0.2, 0.25) is 0 Å². The summed E-state index contributed by atoms with van der Waals surface area (Å²) in [5.41, 5.74) is 0. The number of carboxylic acid groups (broad SMARTS) is 1. The summed E-state index contributed by atoms with van der Waals surface area (Å²) in [4.78, 5) is 37.8. The molecule has 0 aromatic rings. The molecule has 0 aromatic carbocycles. The van der Waals surface area contributed by atoms with Crippen molar-refractivity contribution in [2.24, 2.45) is 0 Å². The highest BCUT2D eigenvalue weighted by Gasteiger charge is 2.25. The van der Waals surface area contributed by atoms with Gasteiger partial charge in [-0.2, -0.15) is 0 Å². The lowest BCUT2D eigenvalue weighted by molar-refractivity contribution is -0.870. The molecule has 2 unspecified atom stereocenters. The highest BCUT2D eigenvalue weighted by molar-refractivity contribution is 5.71. The molecule has 9 heteroatoms. The minimum absolute atomic E-state index is 0.176. The molecule has 0 fully saturated rings. The van der Waals surface area contributed by atoms with Gasteiger partial charge in [-0.15, -0.1) is 0 Å². The van der Waals surface area contributed by atoms with Crippen molar-refractivity contribution in [3.63, 3.8) is 0 Å². The van der Waals surface area contributed by atoms with Crippen molar-refractivity contribution in [3.05, 3.63) is 72.9 Å². The maximum absolute atomic E-state index is 13.0. The lowest BCUT2D eigenvalue weighted by Gasteiger charge is -2.25. The second-order valence-electron chi connectivity index (χ2n) is 31.9. The number of carbonyl (C=O) groups excluding carboxylic acids is 2. The maximum Gasteiger partial charge on any atom is 0.361 e. The molecular formula is C94H174NO8+. The van der Waals surface area contributed by atoms with E-state index in [-0.39, 0.29) is 38.2 Å². The summed E-state index contributed by atoms with van der Waals surface area (Å²) < 4.78 is 23.1. The Bertz CT molecular complexity index is 1930. The SMILES string of the molecule is CC/C=C\C/C=C\C/C=C\C/C=C\C/C=C\CCCCCCCCCCCCCCCCCCCCCCCCCCCC(=O)OC(COC(=O)CCCCCCCCCCCCCCCCCCCCCCCCCCC/C=C\CCCCCCCCCC)COC(OCC[N+](C)(C)C)C(=O)O. The first-order valence-corrected chi connectivity index (χ1v) is 45.1.